The van der Waals surface area contributed by atoms with Gasteiger partial charge in [-0.2, -0.15) is 0 Å². The molecule has 0 radical (unpaired) electrons. The van der Waals surface area contributed by atoms with Gasteiger partial charge < -0.3 is 20.1 Å². The van der Waals surface area contributed by atoms with Crippen molar-refractivity contribution in [3.63, 3.8) is 0 Å². The first-order valence-electron chi connectivity index (χ1n) is 7.93. The Morgan fingerprint density at radius 1 is 1.20 bits per heavy atom. The van der Waals surface area contributed by atoms with Gasteiger partial charge in [-0.25, -0.2) is 0 Å². The monoisotopic (exact) mass is 348 g/mol. The first-order chi connectivity index (χ1) is 11.8. The lowest BCUT2D eigenvalue weighted by atomic mass is 10.1. The molecule has 136 valence electrons. The molecule has 0 saturated heterocycles. The fourth-order valence-corrected chi connectivity index (χ4v) is 1.93. The minimum absolute atomic E-state index is 0.0227. The van der Waals surface area contributed by atoms with Crippen molar-refractivity contribution < 1.29 is 23.9 Å². The number of carbonyl (C=O) groups excluding carboxylic acids is 3. The molecule has 7 heteroatoms. The van der Waals surface area contributed by atoms with Gasteiger partial charge >= 0.3 is 5.97 Å². The summed E-state index contributed by atoms with van der Waals surface area (Å²) in [6.45, 7) is 6.45. The number of nitrogens with one attached hydrogen (secondary N) is 2. The zero-order valence-corrected chi connectivity index (χ0v) is 15.1. The van der Waals surface area contributed by atoms with Crippen molar-refractivity contribution in [1.82, 2.24) is 10.6 Å². The van der Waals surface area contributed by atoms with Crippen LogP contribution in [0.15, 0.2) is 23.9 Å². The van der Waals surface area contributed by atoms with Gasteiger partial charge in [0.1, 0.15) is 5.70 Å². The minimum Gasteiger partial charge on any atom is -0.493 e. The molecule has 7 nitrogen and oxygen atoms in total. The average Bonchev–Trinajstić information content (AvgIpc) is 2.54. The van der Waals surface area contributed by atoms with Gasteiger partial charge in [0.05, 0.1) is 7.11 Å². The number of ether oxygens (including phenoxy) is 2. The molecule has 0 aromatic heterocycles. The van der Waals surface area contributed by atoms with E-state index in [-0.39, 0.29) is 29.3 Å². The molecule has 1 atom stereocenters. The van der Waals surface area contributed by atoms with E-state index >= 15 is 0 Å². The average molecular weight is 348 g/mol. The van der Waals surface area contributed by atoms with Crippen molar-refractivity contribution in [2.45, 2.75) is 40.2 Å². The van der Waals surface area contributed by atoms with Crippen LogP contribution in [0.3, 0.4) is 0 Å². The SMILES string of the molecule is CC[C@@H](C)NC(=O)/C(=C\c1ccc(OC(C)=O)c(OC)c1)NC(C)=O. The molecule has 0 aliphatic rings. The molecule has 0 bridgehead atoms. The van der Waals surface area contributed by atoms with Gasteiger partial charge in [-0.15, -0.1) is 0 Å². The molecule has 0 saturated carbocycles. The maximum atomic E-state index is 12.3. The van der Waals surface area contributed by atoms with Crippen LogP contribution in [-0.4, -0.2) is 30.9 Å². The molecule has 0 aliphatic carbocycles. The second-order valence-electron chi connectivity index (χ2n) is 5.53. The van der Waals surface area contributed by atoms with E-state index in [2.05, 4.69) is 10.6 Å². The predicted molar refractivity (Wildman–Crippen MR) is 94.0 cm³/mol. The minimum atomic E-state index is -0.464. The maximum Gasteiger partial charge on any atom is 0.308 e. The summed E-state index contributed by atoms with van der Waals surface area (Å²) in [4.78, 5) is 34.8. The van der Waals surface area contributed by atoms with E-state index < -0.39 is 5.97 Å². The number of hydrogen-bond acceptors (Lipinski definition) is 5. The molecular weight excluding hydrogens is 324 g/mol. The van der Waals surface area contributed by atoms with Crippen LogP contribution in [0.2, 0.25) is 0 Å². The highest BCUT2D eigenvalue weighted by molar-refractivity contribution is 6.01. The van der Waals surface area contributed by atoms with Crippen molar-refractivity contribution in [3.8, 4) is 11.5 Å². The molecule has 0 unspecified atom stereocenters. The summed E-state index contributed by atoms with van der Waals surface area (Å²) in [5.41, 5.74) is 0.728. The van der Waals surface area contributed by atoms with Gasteiger partial charge in [0.15, 0.2) is 11.5 Å². The molecular formula is C18H24N2O5. The number of methoxy groups -OCH3 is 1. The van der Waals surface area contributed by atoms with Gasteiger partial charge in [0, 0.05) is 19.9 Å². The van der Waals surface area contributed by atoms with Gasteiger partial charge in [0.2, 0.25) is 5.91 Å². The van der Waals surface area contributed by atoms with Crippen LogP contribution >= 0.6 is 0 Å². The Hall–Kier alpha value is -2.83. The summed E-state index contributed by atoms with van der Waals surface area (Å²) >= 11 is 0. The summed E-state index contributed by atoms with van der Waals surface area (Å²) < 4.78 is 10.2. The Morgan fingerprint density at radius 2 is 1.88 bits per heavy atom. The zero-order valence-electron chi connectivity index (χ0n) is 15.1. The third kappa shape index (κ3) is 6.66. The van der Waals surface area contributed by atoms with E-state index in [4.69, 9.17) is 9.47 Å². The first kappa shape index (κ1) is 20.2. The molecule has 0 spiro atoms. The molecule has 1 rings (SSSR count). The summed E-state index contributed by atoms with van der Waals surface area (Å²) in [7, 11) is 1.44. The van der Waals surface area contributed by atoms with Crippen LogP contribution < -0.4 is 20.1 Å². The van der Waals surface area contributed by atoms with Gasteiger partial charge in [-0.05, 0) is 37.1 Å². The number of rotatable bonds is 7. The van der Waals surface area contributed by atoms with E-state index in [1.807, 2.05) is 13.8 Å². The standard InChI is InChI=1S/C18H24N2O5/c1-6-11(2)19-18(23)15(20-12(3)21)9-14-7-8-16(25-13(4)22)17(10-14)24-5/h7-11H,6H2,1-5H3,(H,19,23)(H,20,21)/b15-9+/t11-/m1/s1. The largest absolute Gasteiger partial charge is 0.493 e. The van der Waals surface area contributed by atoms with Crippen molar-refractivity contribution in [3.05, 3.63) is 29.5 Å². The van der Waals surface area contributed by atoms with E-state index in [0.29, 0.717) is 11.3 Å². The van der Waals surface area contributed by atoms with E-state index in [0.717, 1.165) is 6.42 Å². The number of benzene rings is 1. The Balaban J connectivity index is 3.16. The lowest BCUT2D eigenvalue weighted by molar-refractivity contribution is -0.132. The second-order valence-corrected chi connectivity index (χ2v) is 5.53. The quantitative estimate of drug-likeness (QED) is 0.447. The van der Waals surface area contributed by atoms with Crippen molar-refractivity contribution in [2.24, 2.45) is 0 Å². The first-order valence-corrected chi connectivity index (χ1v) is 7.93. The summed E-state index contributed by atoms with van der Waals surface area (Å²) in [5.74, 6) is -0.583. The van der Waals surface area contributed by atoms with E-state index in [9.17, 15) is 14.4 Å². The van der Waals surface area contributed by atoms with Crippen molar-refractivity contribution >= 4 is 23.9 Å². The van der Waals surface area contributed by atoms with Crippen LogP contribution in [-0.2, 0) is 14.4 Å². The van der Waals surface area contributed by atoms with Crippen LogP contribution in [0.4, 0.5) is 0 Å². The third-order valence-electron chi connectivity index (χ3n) is 3.30. The normalized spacial score (nSPS) is 12.1. The highest BCUT2D eigenvalue weighted by Gasteiger charge is 2.14. The van der Waals surface area contributed by atoms with Gasteiger partial charge in [-0.1, -0.05) is 13.0 Å². The highest BCUT2D eigenvalue weighted by Crippen LogP contribution is 2.29. The van der Waals surface area contributed by atoms with Crippen LogP contribution in [0, 0.1) is 0 Å². The Labute approximate surface area is 147 Å². The van der Waals surface area contributed by atoms with Gasteiger partial charge in [0.25, 0.3) is 5.91 Å². The van der Waals surface area contributed by atoms with E-state index in [1.54, 1.807) is 18.2 Å². The molecule has 0 aliphatic heterocycles. The Bertz CT molecular complexity index is 682. The fourth-order valence-electron chi connectivity index (χ4n) is 1.93. The molecule has 1 aromatic carbocycles. The summed E-state index contributed by atoms with van der Waals surface area (Å²) in [5, 5.41) is 5.32. The molecule has 25 heavy (non-hydrogen) atoms. The number of esters is 1. The van der Waals surface area contributed by atoms with Crippen LogP contribution in [0.5, 0.6) is 11.5 Å². The van der Waals surface area contributed by atoms with E-state index in [1.165, 1.54) is 27.0 Å². The lowest BCUT2D eigenvalue weighted by Gasteiger charge is -2.14. The highest BCUT2D eigenvalue weighted by atomic mass is 16.6. The number of carbonyl (C=O) groups is 3. The van der Waals surface area contributed by atoms with Gasteiger partial charge in [-0.3, -0.25) is 14.4 Å². The van der Waals surface area contributed by atoms with Crippen molar-refractivity contribution in [1.29, 1.82) is 0 Å². The molecule has 1 aromatic rings. The second kappa shape index (κ2) is 9.46. The molecule has 2 amide bonds. The molecule has 0 heterocycles. The van der Waals surface area contributed by atoms with Crippen molar-refractivity contribution in [2.75, 3.05) is 7.11 Å². The smallest absolute Gasteiger partial charge is 0.308 e. The molecule has 0 fully saturated rings. The summed E-state index contributed by atoms with van der Waals surface area (Å²) in [6.07, 6.45) is 2.29. The predicted octanol–water partition coefficient (Wildman–Crippen LogP) is 2.01. The Kier molecular flexibility index (Phi) is 7.65. The maximum absolute atomic E-state index is 12.3. The Morgan fingerprint density at radius 3 is 2.40 bits per heavy atom. The summed E-state index contributed by atoms with van der Waals surface area (Å²) in [6, 6.07) is 4.80. The third-order valence-corrected chi connectivity index (χ3v) is 3.30. The number of amides is 2. The number of hydrogen-bond donors (Lipinski definition) is 2. The molecule has 2 N–H and O–H groups in total. The lowest BCUT2D eigenvalue weighted by Crippen LogP contribution is -2.38. The fraction of sp³-hybridized carbons (Fsp3) is 0.389. The van der Waals surface area contributed by atoms with Crippen LogP contribution in [0.1, 0.15) is 39.7 Å². The topological polar surface area (TPSA) is 93.7 Å². The van der Waals surface area contributed by atoms with Crippen LogP contribution in [0.25, 0.3) is 6.08 Å². The zero-order chi connectivity index (χ0) is 19.0.